The van der Waals surface area contributed by atoms with Crippen LogP contribution in [0.2, 0.25) is 5.02 Å². The van der Waals surface area contributed by atoms with E-state index in [0.717, 1.165) is 0 Å². The second-order valence-corrected chi connectivity index (χ2v) is 4.78. The highest BCUT2D eigenvalue weighted by Gasteiger charge is 2.16. The zero-order valence-electron chi connectivity index (χ0n) is 11.1. The maximum atomic E-state index is 12.1. The summed E-state index contributed by atoms with van der Waals surface area (Å²) in [5.74, 6) is -1.81. The van der Waals surface area contributed by atoms with E-state index in [-0.39, 0.29) is 23.6 Å². The highest BCUT2D eigenvalue weighted by molar-refractivity contribution is 6.31. The molecule has 2 amide bonds. The van der Waals surface area contributed by atoms with Crippen LogP contribution in [0.4, 0.5) is 5.69 Å². The summed E-state index contributed by atoms with van der Waals surface area (Å²) in [5.41, 5.74) is 0.506. The number of hydrogen-bond acceptors (Lipinski definition) is 3. The van der Waals surface area contributed by atoms with Gasteiger partial charge in [-0.3, -0.25) is 14.4 Å². The minimum absolute atomic E-state index is 0.186. The Kier molecular flexibility index (Phi) is 5.52. The standard InChI is InChI=1S/C13H15ClN2O4/c1-7(5-12(18)19)15-13(20)10-4-3-9(14)6-11(10)16-8(2)17/h3-4,6-7H,5H2,1-2H3,(H,15,20)(H,16,17)(H,18,19)/t7-/m1/s1. The van der Waals surface area contributed by atoms with Crippen LogP contribution in [0.5, 0.6) is 0 Å². The summed E-state index contributed by atoms with van der Waals surface area (Å²) in [4.78, 5) is 33.7. The quantitative estimate of drug-likeness (QED) is 0.773. The van der Waals surface area contributed by atoms with Gasteiger partial charge in [-0.25, -0.2) is 0 Å². The average Bonchev–Trinajstić information content (AvgIpc) is 2.26. The van der Waals surface area contributed by atoms with E-state index in [1.807, 2.05) is 0 Å². The largest absolute Gasteiger partial charge is 0.481 e. The van der Waals surface area contributed by atoms with Crippen LogP contribution in [0.3, 0.4) is 0 Å². The van der Waals surface area contributed by atoms with E-state index in [0.29, 0.717) is 5.02 Å². The molecular formula is C13H15ClN2O4. The molecule has 7 heteroatoms. The highest BCUT2D eigenvalue weighted by atomic mass is 35.5. The molecular weight excluding hydrogens is 284 g/mol. The third-order valence-electron chi connectivity index (χ3n) is 2.40. The van der Waals surface area contributed by atoms with Crippen molar-refractivity contribution in [1.82, 2.24) is 5.32 Å². The molecule has 6 nitrogen and oxygen atoms in total. The first-order valence-corrected chi connectivity index (χ1v) is 6.27. The van der Waals surface area contributed by atoms with Crippen LogP contribution in [0, 0.1) is 0 Å². The van der Waals surface area contributed by atoms with Crippen LogP contribution in [0.25, 0.3) is 0 Å². The van der Waals surface area contributed by atoms with Crippen molar-refractivity contribution in [3.63, 3.8) is 0 Å². The molecule has 0 unspecified atom stereocenters. The molecule has 0 aromatic heterocycles. The number of hydrogen-bond donors (Lipinski definition) is 3. The summed E-state index contributed by atoms with van der Waals surface area (Å²) in [5, 5.41) is 14.1. The number of aliphatic carboxylic acids is 1. The fourth-order valence-electron chi connectivity index (χ4n) is 1.62. The van der Waals surface area contributed by atoms with E-state index in [9.17, 15) is 14.4 Å². The predicted octanol–water partition coefficient (Wildman–Crippen LogP) is 1.89. The van der Waals surface area contributed by atoms with Gasteiger partial charge >= 0.3 is 5.97 Å². The van der Waals surface area contributed by atoms with Gasteiger partial charge in [-0.1, -0.05) is 11.6 Å². The summed E-state index contributed by atoms with van der Waals surface area (Å²) in [6.07, 6.45) is -0.186. The summed E-state index contributed by atoms with van der Waals surface area (Å²) < 4.78 is 0. The molecule has 0 aliphatic heterocycles. The van der Waals surface area contributed by atoms with Crippen molar-refractivity contribution in [2.24, 2.45) is 0 Å². The van der Waals surface area contributed by atoms with E-state index < -0.39 is 17.9 Å². The molecule has 3 N–H and O–H groups in total. The average molecular weight is 299 g/mol. The first-order valence-electron chi connectivity index (χ1n) is 5.89. The highest BCUT2D eigenvalue weighted by Crippen LogP contribution is 2.21. The van der Waals surface area contributed by atoms with Crippen LogP contribution < -0.4 is 10.6 Å². The minimum Gasteiger partial charge on any atom is -0.481 e. The maximum Gasteiger partial charge on any atom is 0.305 e. The molecule has 0 heterocycles. The summed E-state index contributed by atoms with van der Waals surface area (Å²) in [7, 11) is 0. The van der Waals surface area contributed by atoms with Crippen molar-refractivity contribution in [2.45, 2.75) is 26.3 Å². The van der Waals surface area contributed by atoms with Crippen molar-refractivity contribution in [1.29, 1.82) is 0 Å². The number of benzene rings is 1. The van der Waals surface area contributed by atoms with Crippen LogP contribution in [0.15, 0.2) is 18.2 Å². The van der Waals surface area contributed by atoms with Gasteiger partial charge in [0.1, 0.15) is 0 Å². The van der Waals surface area contributed by atoms with Gasteiger partial charge in [0, 0.05) is 18.0 Å². The zero-order valence-corrected chi connectivity index (χ0v) is 11.8. The van der Waals surface area contributed by atoms with Crippen LogP contribution in [-0.2, 0) is 9.59 Å². The van der Waals surface area contributed by atoms with Gasteiger partial charge < -0.3 is 15.7 Å². The molecule has 0 saturated heterocycles. The van der Waals surface area contributed by atoms with Crippen molar-refractivity contribution >= 4 is 35.1 Å². The molecule has 0 bridgehead atoms. The second kappa shape index (κ2) is 6.91. The lowest BCUT2D eigenvalue weighted by atomic mass is 10.1. The van der Waals surface area contributed by atoms with Crippen LogP contribution in [0.1, 0.15) is 30.6 Å². The van der Waals surface area contributed by atoms with Crippen LogP contribution >= 0.6 is 11.6 Å². The van der Waals surface area contributed by atoms with Crippen molar-refractivity contribution in [3.8, 4) is 0 Å². The van der Waals surface area contributed by atoms with Crippen LogP contribution in [-0.4, -0.2) is 28.9 Å². The summed E-state index contributed by atoms with van der Waals surface area (Å²) in [6.45, 7) is 2.90. The van der Waals surface area contributed by atoms with Crippen molar-refractivity contribution in [3.05, 3.63) is 28.8 Å². The van der Waals surface area contributed by atoms with Gasteiger partial charge in [-0.05, 0) is 25.1 Å². The lowest BCUT2D eigenvalue weighted by molar-refractivity contribution is -0.137. The number of carbonyl (C=O) groups excluding carboxylic acids is 2. The smallest absolute Gasteiger partial charge is 0.305 e. The molecule has 1 atom stereocenters. The molecule has 0 aliphatic carbocycles. The van der Waals surface area contributed by atoms with E-state index in [1.54, 1.807) is 6.92 Å². The van der Waals surface area contributed by atoms with E-state index >= 15 is 0 Å². The first kappa shape index (κ1) is 16.0. The molecule has 0 aliphatic rings. The van der Waals surface area contributed by atoms with Crippen molar-refractivity contribution in [2.75, 3.05) is 5.32 Å². The first-order chi connectivity index (χ1) is 9.29. The molecule has 1 aromatic rings. The number of carboxylic acids is 1. The fraction of sp³-hybridized carbons (Fsp3) is 0.308. The van der Waals surface area contributed by atoms with Gasteiger partial charge in [0.25, 0.3) is 5.91 Å². The monoisotopic (exact) mass is 298 g/mol. The number of amides is 2. The fourth-order valence-corrected chi connectivity index (χ4v) is 1.79. The predicted molar refractivity (Wildman–Crippen MR) is 74.9 cm³/mol. The SMILES string of the molecule is CC(=O)Nc1cc(Cl)ccc1C(=O)N[C@H](C)CC(=O)O. The third-order valence-corrected chi connectivity index (χ3v) is 2.63. The van der Waals surface area contributed by atoms with Gasteiger partial charge in [-0.2, -0.15) is 0 Å². The third kappa shape index (κ3) is 4.89. The number of halogens is 1. The number of carbonyl (C=O) groups is 3. The Balaban J connectivity index is 2.91. The normalized spacial score (nSPS) is 11.6. The van der Waals surface area contributed by atoms with Gasteiger partial charge in [-0.15, -0.1) is 0 Å². The Labute approximate surface area is 121 Å². The Morgan fingerprint density at radius 1 is 1.35 bits per heavy atom. The second-order valence-electron chi connectivity index (χ2n) is 4.34. The number of anilines is 1. The molecule has 1 aromatic carbocycles. The van der Waals surface area contributed by atoms with Gasteiger partial charge in [0.05, 0.1) is 17.7 Å². The number of nitrogens with one attached hydrogen (secondary N) is 2. The molecule has 108 valence electrons. The Hall–Kier alpha value is -2.08. The number of rotatable bonds is 5. The molecule has 0 fully saturated rings. The topological polar surface area (TPSA) is 95.5 Å². The molecule has 20 heavy (non-hydrogen) atoms. The van der Waals surface area contributed by atoms with Gasteiger partial charge in [0.2, 0.25) is 5.91 Å². The van der Waals surface area contributed by atoms with E-state index in [2.05, 4.69) is 10.6 Å². The molecule has 0 spiro atoms. The minimum atomic E-state index is -1.00. The summed E-state index contributed by atoms with van der Waals surface area (Å²) in [6, 6.07) is 3.92. The molecule has 0 radical (unpaired) electrons. The van der Waals surface area contributed by atoms with Gasteiger partial charge in [0.15, 0.2) is 0 Å². The molecule has 0 saturated carbocycles. The summed E-state index contributed by atoms with van der Waals surface area (Å²) >= 11 is 5.82. The van der Waals surface area contributed by atoms with E-state index in [4.69, 9.17) is 16.7 Å². The lowest BCUT2D eigenvalue weighted by Crippen LogP contribution is -2.34. The number of carboxylic acid groups (broad SMARTS) is 1. The zero-order chi connectivity index (χ0) is 15.3. The molecule has 1 rings (SSSR count). The van der Waals surface area contributed by atoms with Crippen molar-refractivity contribution < 1.29 is 19.5 Å². The Bertz CT molecular complexity index is 545. The van der Waals surface area contributed by atoms with E-state index in [1.165, 1.54) is 25.1 Å². The lowest BCUT2D eigenvalue weighted by Gasteiger charge is -2.14. The Morgan fingerprint density at radius 2 is 2.00 bits per heavy atom. The Morgan fingerprint density at radius 3 is 2.55 bits per heavy atom. The maximum absolute atomic E-state index is 12.1.